The second-order valence-corrected chi connectivity index (χ2v) is 11.9. The lowest BCUT2D eigenvalue weighted by Gasteiger charge is -2.60. The topological polar surface area (TPSA) is 105 Å². The maximum absolute atomic E-state index is 13.9. The normalized spacial score (nSPS) is 43.7. The molecule has 3 saturated carbocycles. The Morgan fingerprint density at radius 1 is 1.16 bits per heavy atom. The number of hydrogen-bond donors (Lipinski definition) is 0. The number of carbonyl (C=O) groups is 4. The SMILES string of the molecule is CCCC1O[C@@H]2CC3C4CCC5=CC(=O)C=C[C@]5(C)C4C(OC(C)=O)C[C@]3(C)[C@]2(C(=O)COC(C)=O)O1. The van der Waals surface area contributed by atoms with Crippen LogP contribution in [0.15, 0.2) is 23.8 Å². The molecule has 9 atom stereocenters. The molecule has 0 amide bonds. The van der Waals surface area contributed by atoms with E-state index >= 15 is 0 Å². The fraction of sp³-hybridized carbons (Fsp3) is 0.724. The van der Waals surface area contributed by atoms with E-state index in [4.69, 9.17) is 18.9 Å². The maximum Gasteiger partial charge on any atom is 0.303 e. The van der Waals surface area contributed by atoms with E-state index in [2.05, 4.69) is 13.8 Å². The lowest BCUT2D eigenvalue weighted by atomic mass is 9.46. The minimum atomic E-state index is -1.29. The smallest absolute Gasteiger partial charge is 0.303 e. The van der Waals surface area contributed by atoms with Crippen LogP contribution in [-0.4, -0.2) is 54.2 Å². The van der Waals surface area contributed by atoms with E-state index in [1.807, 2.05) is 13.0 Å². The Hall–Kier alpha value is -2.32. The van der Waals surface area contributed by atoms with Gasteiger partial charge in [0, 0.05) is 30.6 Å². The van der Waals surface area contributed by atoms with E-state index in [0.29, 0.717) is 19.3 Å². The molecule has 4 fully saturated rings. The van der Waals surface area contributed by atoms with Gasteiger partial charge in [-0.05, 0) is 56.1 Å². The fourth-order valence-electron chi connectivity index (χ4n) is 8.57. The molecule has 0 radical (unpaired) electrons. The Bertz CT molecular complexity index is 1080. The van der Waals surface area contributed by atoms with Crippen molar-refractivity contribution in [2.75, 3.05) is 6.61 Å². The molecule has 1 aliphatic heterocycles. The zero-order valence-electron chi connectivity index (χ0n) is 22.4. The highest BCUT2D eigenvalue weighted by molar-refractivity contribution is 6.01. The molecule has 0 aromatic heterocycles. The number of ketones is 2. The van der Waals surface area contributed by atoms with Crippen molar-refractivity contribution in [3.63, 3.8) is 0 Å². The standard InChI is InChI=1S/C29H38O8/c1-6-7-25-36-24-13-21-20-9-8-18-12-19(32)10-11-27(18,4)26(20)22(35-17(3)31)14-28(21,5)29(24,37-25)23(33)15-34-16(2)30/h10-12,20-22,24-26H,6-9,13-15H2,1-5H3/t20?,21?,22?,24-,25?,26?,27+,28+,29-/m1/s1. The Balaban J connectivity index is 1.59. The van der Waals surface area contributed by atoms with Crippen molar-refractivity contribution in [2.45, 2.75) is 97.2 Å². The van der Waals surface area contributed by atoms with Crippen LogP contribution >= 0.6 is 0 Å². The first-order chi connectivity index (χ1) is 17.5. The number of carbonyl (C=O) groups excluding carboxylic acids is 4. The van der Waals surface area contributed by atoms with E-state index in [1.165, 1.54) is 13.8 Å². The summed E-state index contributed by atoms with van der Waals surface area (Å²) in [6.45, 7) is 8.57. The molecule has 5 aliphatic rings. The molecular formula is C29H38O8. The third-order valence-corrected chi connectivity index (χ3v) is 9.93. The lowest BCUT2D eigenvalue weighted by Crippen LogP contribution is -2.64. The summed E-state index contributed by atoms with van der Waals surface area (Å²) < 4.78 is 24.2. The van der Waals surface area contributed by atoms with Gasteiger partial charge >= 0.3 is 11.9 Å². The van der Waals surface area contributed by atoms with E-state index in [1.54, 1.807) is 12.2 Å². The van der Waals surface area contributed by atoms with E-state index in [9.17, 15) is 19.2 Å². The number of hydrogen-bond acceptors (Lipinski definition) is 8. The molecule has 8 nitrogen and oxygen atoms in total. The lowest BCUT2D eigenvalue weighted by molar-refractivity contribution is -0.208. The van der Waals surface area contributed by atoms with E-state index in [-0.39, 0.29) is 41.9 Å². The first-order valence-corrected chi connectivity index (χ1v) is 13.6. The third-order valence-electron chi connectivity index (χ3n) is 9.93. The average molecular weight is 515 g/mol. The molecule has 8 heteroatoms. The van der Waals surface area contributed by atoms with Crippen molar-refractivity contribution < 1.29 is 38.1 Å². The highest BCUT2D eigenvalue weighted by Crippen LogP contribution is 2.70. The number of ether oxygens (including phenoxy) is 4. The minimum absolute atomic E-state index is 0.00945. The summed E-state index contributed by atoms with van der Waals surface area (Å²) in [7, 11) is 0. The van der Waals surface area contributed by atoms with E-state index < -0.39 is 40.9 Å². The van der Waals surface area contributed by atoms with Gasteiger partial charge in [0.2, 0.25) is 5.78 Å². The monoisotopic (exact) mass is 514 g/mol. The molecule has 0 spiro atoms. The molecule has 0 aromatic carbocycles. The number of allylic oxidation sites excluding steroid dienone is 4. The summed E-state index contributed by atoms with van der Waals surface area (Å²) in [6.07, 6.45) is 8.07. The molecule has 0 N–H and O–H groups in total. The Morgan fingerprint density at radius 2 is 1.92 bits per heavy atom. The molecule has 4 aliphatic carbocycles. The van der Waals surface area contributed by atoms with Crippen molar-refractivity contribution in [3.8, 4) is 0 Å². The molecule has 0 bridgehead atoms. The fourth-order valence-corrected chi connectivity index (χ4v) is 8.57. The predicted molar refractivity (Wildman–Crippen MR) is 132 cm³/mol. The van der Waals surface area contributed by atoms with Crippen LogP contribution in [0.3, 0.4) is 0 Å². The number of Topliss-reactive ketones (excluding diaryl/α,β-unsaturated/α-hetero) is 1. The van der Waals surface area contributed by atoms with Crippen LogP contribution in [0.25, 0.3) is 0 Å². The van der Waals surface area contributed by atoms with Gasteiger partial charge in [0.25, 0.3) is 0 Å². The van der Waals surface area contributed by atoms with Crippen LogP contribution in [0.1, 0.15) is 73.1 Å². The maximum atomic E-state index is 13.9. The second-order valence-electron chi connectivity index (χ2n) is 11.9. The summed E-state index contributed by atoms with van der Waals surface area (Å²) in [5, 5.41) is 0. The van der Waals surface area contributed by atoms with Gasteiger partial charge in [-0.15, -0.1) is 0 Å². The molecule has 5 unspecified atom stereocenters. The first kappa shape index (κ1) is 26.3. The highest BCUT2D eigenvalue weighted by Gasteiger charge is 2.76. The number of fused-ring (bicyclic) bond motifs is 7. The van der Waals surface area contributed by atoms with Crippen LogP contribution in [0.2, 0.25) is 0 Å². The third kappa shape index (κ3) is 3.85. The van der Waals surface area contributed by atoms with Crippen molar-refractivity contribution in [3.05, 3.63) is 23.8 Å². The largest absolute Gasteiger partial charge is 0.462 e. The second kappa shape index (κ2) is 9.16. The molecule has 0 aromatic rings. The van der Waals surface area contributed by atoms with Gasteiger partial charge in [0.05, 0.1) is 6.10 Å². The van der Waals surface area contributed by atoms with Crippen LogP contribution in [0, 0.1) is 28.6 Å². The summed E-state index contributed by atoms with van der Waals surface area (Å²) in [6, 6.07) is 0. The molecular weight excluding hydrogens is 476 g/mol. The van der Waals surface area contributed by atoms with Gasteiger partial charge in [-0.3, -0.25) is 19.2 Å². The van der Waals surface area contributed by atoms with Crippen molar-refractivity contribution >= 4 is 23.5 Å². The van der Waals surface area contributed by atoms with Gasteiger partial charge in [0.1, 0.15) is 6.10 Å². The Labute approximate surface area is 218 Å². The minimum Gasteiger partial charge on any atom is -0.462 e. The Kier molecular flexibility index (Phi) is 6.51. The average Bonchev–Trinajstić information content (AvgIpc) is 3.29. The molecule has 1 heterocycles. The summed E-state index contributed by atoms with van der Waals surface area (Å²) in [5.74, 6) is -1.03. The zero-order chi connectivity index (χ0) is 26.8. The van der Waals surface area contributed by atoms with Gasteiger partial charge in [-0.1, -0.05) is 38.8 Å². The van der Waals surface area contributed by atoms with Crippen molar-refractivity contribution in [2.24, 2.45) is 28.6 Å². The number of esters is 2. The number of rotatable bonds is 6. The van der Waals surface area contributed by atoms with Crippen LogP contribution in [0.4, 0.5) is 0 Å². The van der Waals surface area contributed by atoms with E-state index in [0.717, 1.165) is 24.8 Å². The summed E-state index contributed by atoms with van der Waals surface area (Å²) in [5.41, 5.74) is -1.32. The molecule has 5 rings (SSSR count). The van der Waals surface area contributed by atoms with Crippen molar-refractivity contribution in [1.82, 2.24) is 0 Å². The van der Waals surface area contributed by atoms with Gasteiger partial charge in [0.15, 0.2) is 24.3 Å². The van der Waals surface area contributed by atoms with Crippen LogP contribution < -0.4 is 0 Å². The molecule has 1 saturated heterocycles. The molecule has 202 valence electrons. The zero-order valence-corrected chi connectivity index (χ0v) is 22.4. The molecule has 37 heavy (non-hydrogen) atoms. The van der Waals surface area contributed by atoms with Crippen molar-refractivity contribution in [1.29, 1.82) is 0 Å². The van der Waals surface area contributed by atoms with Gasteiger partial charge in [-0.25, -0.2) is 0 Å². The first-order valence-electron chi connectivity index (χ1n) is 13.6. The van der Waals surface area contributed by atoms with Crippen LogP contribution in [0.5, 0.6) is 0 Å². The predicted octanol–water partition coefficient (Wildman–Crippen LogP) is 3.86. The van der Waals surface area contributed by atoms with Gasteiger partial charge in [-0.2, -0.15) is 0 Å². The van der Waals surface area contributed by atoms with Crippen LogP contribution in [-0.2, 0) is 38.1 Å². The summed E-state index contributed by atoms with van der Waals surface area (Å²) in [4.78, 5) is 50.1. The highest BCUT2D eigenvalue weighted by atomic mass is 16.7. The Morgan fingerprint density at radius 3 is 2.59 bits per heavy atom. The van der Waals surface area contributed by atoms with Gasteiger partial charge < -0.3 is 18.9 Å². The quantitative estimate of drug-likeness (QED) is 0.492. The summed E-state index contributed by atoms with van der Waals surface area (Å²) >= 11 is 0.